The van der Waals surface area contributed by atoms with Crippen molar-refractivity contribution in [2.45, 2.75) is 32.7 Å². The standard InChI is InChI=1S/C14H18INO/c1-11-2-7-14(17)16(9-8-11)10-12-3-5-13(15)6-4-12/h3-6,11H,2,7-10H2,1H3. The molecule has 2 nitrogen and oxygen atoms in total. The van der Waals surface area contributed by atoms with Crippen LogP contribution in [0.15, 0.2) is 24.3 Å². The number of likely N-dealkylation sites (tertiary alicyclic amines) is 1. The molecule has 0 spiro atoms. The van der Waals surface area contributed by atoms with E-state index in [0.29, 0.717) is 18.2 Å². The maximum absolute atomic E-state index is 12.0. The smallest absolute Gasteiger partial charge is 0.222 e. The van der Waals surface area contributed by atoms with Gasteiger partial charge in [-0.2, -0.15) is 0 Å². The van der Waals surface area contributed by atoms with Crippen LogP contribution < -0.4 is 0 Å². The minimum absolute atomic E-state index is 0.313. The van der Waals surface area contributed by atoms with Gasteiger partial charge in [-0.05, 0) is 59.0 Å². The maximum Gasteiger partial charge on any atom is 0.222 e. The number of rotatable bonds is 2. The van der Waals surface area contributed by atoms with Crippen LogP contribution in [0.5, 0.6) is 0 Å². The normalized spacial score (nSPS) is 21.4. The minimum Gasteiger partial charge on any atom is -0.338 e. The van der Waals surface area contributed by atoms with E-state index in [2.05, 4.69) is 53.8 Å². The van der Waals surface area contributed by atoms with Gasteiger partial charge in [0.1, 0.15) is 0 Å². The van der Waals surface area contributed by atoms with Crippen LogP contribution in [0.3, 0.4) is 0 Å². The molecule has 1 atom stereocenters. The highest BCUT2D eigenvalue weighted by atomic mass is 127. The van der Waals surface area contributed by atoms with E-state index in [-0.39, 0.29) is 0 Å². The van der Waals surface area contributed by atoms with Gasteiger partial charge in [-0.1, -0.05) is 19.1 Å². The zero-order valence-corrected chi connectivity index (χ0v) is 12.3. The summed E-state index contributed by atoms with van der Waals surface area (Å²) in [7, 11) is 0. The first-order valence-electron chi connectivity index (χ1n) is 6.17. The molecule has 0 N–H and O–H groups in total. The summed E-state index contributed by atoms with van der Waals surface area (Å²) in [4.78, 5) is 14.0. The molecule has 1 amide bonds. The lowest BCUT2D eigenvalue weighted by molar-refractivity contribution is -0.131. The largest absolute Gasteiger partial charge is 0.338 e. The Bertz CT molecular complexity index is 388. The molecule has 0 aliphatic carbocycles. The molecule has 0 aromatic heterocycles. The van der Waals surface area contributed by atoms with Crippen LogP contribution in [0.4, 0.5) is 0 Å². The van der Waals surface area contributed by atoms with Crippen molar-refractivity contribution >= 4 is 28.5 Å². The van der Waals surface area contributed by atoms with Crippen LogP contribution in [-0.4, -0.2) is 17.4 Å². The predicted octanol–water partition coefficient (Wildman–Crippen LogP) is 3.44. The fraction of sp³-hybridized carbons (Fsp3) is 0.500. The van der Waals surface area contributed by atoms with Gasteiger partial charge in [0.25, 0.3) is 0 Å². The summed E-state index contributed by atoms with van der Waals surface area (Å²) < 4.78 is 1.24. The molecule has 1 saturated heterocycles. The summed E-state index contributed by atoms with van der Waals surface area (Å²) in [6.45, 7) is 3.91. The molecule has 1 heterocycles. The highest BCUT2D eigenvalue weighted by Crippen LogP contribution is 2.19. The quantitative estimate of drug-likeness (QED) is 0.754. The molecular weight excluding hydrogens is 325 g/mol. The van der Waals surface area contributed by atoms with Gasteiger partial charge in [0, 0.05) is 23.1 Å². The van der Waals surface area contributed by atoms with Gasteiger partial charge in [0.05, 0.1) is 0 Å². The lowest BCUT2D eigenvalue weighted by Crippen LogP contribution is -2.29. The van der Waals surface area contributed by atoms with E-state index in [1.807, 2.05) is 4.90 Å². The number of hydrogen-bond donors (Lipinski definition) is 0. The fourth-order valence-electron chi connectivity index (χ4n) is 2.15. The summed E-state index contributed by atoms with van der Waals surface area (Å²) in [5.74, 6) is 0.994. The van der Waals surface area contributed by atoms with Crippen molar-refractivity contribution in [2.75, 3.05) is 6.54 Å². The molecule has 2 rings (SSSR count). The average Bonchev–Trinajstić information content (AvgIpc) is 2.47. The van der Waals surface area contributed by atoms with E-state index in [1.165, 1.54) is 9.13 Å². The van der Waals surface area contributed by atoms with Crippen LogP contribution in [0.1, 0.15) is 31.7 Å². The number of carbonyl (C=O) groups excluding carboxylic acids is 1. The molecule has 1 aliphatic heterocycles. The first kappa shape index (κ1) is 12.9. The Labute approximate surface area is 117 Å². The van der Waals surface area contributed by atoms with E-state index >= 15 is 0 Å². The third-order valence-electron chi connectivity index (χ3n) is 3.38. The van der Waals surface area contributed by atoms with E-state index in [0.717, 1.165) is 25.9 Å². The molecule has 1 unspecified atom stereocenters. The SMILES string of the molecule is CC1CCC(=O)N(Cc2ccc(I)cc2)CC1. The Hall–Kier alpha value is -0.580. The van der Waals surface area contributed by atoms with Gasteiger partial charge in [-0.25, -0.2) is 0 Å². The van der Waals surface area contributed by atoms with Gasteiger partial charge < -0.3 is 4.90 Å². The molecule has 1 aromatic rings. The van der Waals surface area contributed by atoms with Crippen LogP contribution >= 0.6 is 22.6 Å². The van der Waals surface area contributed by atoms with Crippen molar-refractivity contribution in [2.24, 2.45) is 5.92 Å². The number of benzene rings is 1. The molecular formula is C14H18INO. The second-order valence-electron chi connectivity index (χ2n) is 4.87. The highest BCUT2D eigenvalue weighted by Gasteiger charge is 2.19. The lowest BCUT2D eigenvalue weighted by atomic mass is 10.0. The van der Waals surface area contributed by atoms with Gasteiger partial charge >= 0.3 is 0 Å². The summed E-state index contributed by atoms with van der Waals surface area (Å²) >= 11 is 2.30. The van der Waals surface area contributed by atoms with Crippen molar-refractivity contribution in [3.05, 3.63) is 33.4 Å². The summed E-state index contributed by atoms with van der Waals surface area (Å²) in [6, 6.07) is 8.42. The third-order valence-corrected chi connectivity index (χ3v) is 4.10. The number of carbonyl (C=O) groups is 1. The number of halogens is 1. The third kappa shape index (κ3) is 3.69. The zero-order valence-electron chi connectivity index (χ0n) is 10.2. The molecule has 1 fully saturated rings. The van der Waals surface area contributed by atoms with Gasteiger partial charge in [-0.15, -0.1) is 0 Å². The Balaban J connectivity index is 2.01. The second-order valence-corrected chi connectivity index (χ2v) is 6.12. The topological polar surface area (TPSA) is 20.3 Å². The van der Waals surface area contributed by atoms with Crippen molar-refractivity contribution in [1.29, 1.82) is 0 Å². The predicted molar refractivity (Wildman–Crippen MR) is 77.6 cm³/mol. The number of hydrogen-bond acceptors (Lipinski definition) is 1. The maximum atomic E-state index is 12.0. The molecule has 17 heavy (non-hydrogen) atoms. The first-order chi connectivity index (χ1) is 8.15. The van der Waals surface area contributed by atoms with Crippen molar-refractivity contribution in [1.82, 2.24) is 4.90 Å². The van der Waals surface area contributed by atoms with Gasteiger partial charge in [0.2, 0.25) is 5.91 Å². The zero-order chi connectivity index (χ0) is 12.3. The fourth-order valence-corrected chi connectivity index (χ4v) is 2.51. The Kier molecular flexibility index (Phi) is 4.42. The average molecular weight is 343 g/mol. The first-order valence-corrected chi connectivity index (χ1v) is 7.25. The van der Waals surface area contributed by atoms with Crippen molar-refractivity contribution in [3.8, 4) is 0 Å². The Morgan fingerprint density at radius 1 is 1.29 bits per heavy atom. The monoisotopic (exact) mass is 343 g/mol. The Morgan fingerprint density at radius 3 is 2.71 bits per heavy atom. The van der Waals surface area contributed by atoms with E-state index < -0.39 is 0 Å². The summed E-state index contributed by atoms with van der Waals surface area (Å²) in [5.41, 5.74) is 1.23. The van der Waals surface area contributed by atoms with E-state index in [1.54, 1.807) is 0 Å². The number of nitrogens with zero attached hydrogens (tertiary/aromatic N) is 1. The molecule has 1 aromatic carbocycles. The van der Waals surface area contributed by atoms with Crippen LogP contribution in [0.2, 0.25) is 0 Å². The van der Waals surface area contributed by atoms with Crippen molar-refractivity contribution < 1.29 is 4.79 Å². The lowest BCUT2D eigenvalue weighted by Gasteiger charge is -2.20. The van der Waals surface area contributed by atoms with Crippen LogP contribution in [0, 0.1) is 9.49 Å². The molecule has 0 bridgehead atoms. The molecule has 0 radical (unpaired) electrons. The summed E-state index contributed by atoms with van der Waals surface area (Å²) in [5, 5.41) is 0. The minimum atomic E-state index is 0.313. The van der Waals surface area contributed by atoms with Gasteiger partial charge in [-0.3, -0.25) is 4.79 Å². The second kappa shape index (κ2) is 5.85. The van der Waals surface area contributed by atoms with Crippen LogP contribution in [0.25, 0.3) is 0 Å². The molecule has 92 valence electrons. The number of amides is 1. The molecule has 1 aliphatic rings. The van der Waals surface area contributed by atoms with E-state index in [9.17, 15) is 4.79 Å². The van der Waals surface area contributed by atoms with Gasteiger partial charge in [0.15, 0.2) is 0 Å². The summed E-state index contributed by atoms with van der Waals surface area (Å²) in [6.07, 6.45) is 2.89. The molecule has 0 saturated carbocycles. The molecule has 3 heteroatoms. The highest BCUT2D eigenvalue weighted by molar-refractivity contribution is 14.1. The van der Waals surface area contributed by atoms with Crippen molar-refractivity contribution in [3.63, 3.8) is 0 Å². The Morgan fingerprint density at radius 2 is 2.00 bits per heavy atom. The van der Waals surface area contributed by atoms with E-state index in [4.69, 9.17) is 0 Å². The van der Waals surface area contributed by atoms with Crippen LogP contribution in [-0.2, 0) is 11.3 Å².